The molecule has 3 aromatic carbocycles. The lowest BCUT2D eigenvalue weighted by molar-refractivity contribution is -0.136. The molecular weight excluding hydrogens is 466 g/mol. The number of carbonyl (C=O) groups is 2. The topological polar surface area (TPSA) is 82.4 Å². The summed E-state index contributed by atoms with van der Waals surface area (Å²) in [6, 6.07) is 25.8. The number of amides is 1. The molecule has 7 nitrogen and oxygen atoms in total. The smallest absolute Gasteiger partial charge is 0.412 e. The number of anilines is 1. The Kier molecular flexibility index (Phi) is 6.53. The van der Waals surface area contributed by atoms with Crippen LogP contribution >= 0.6 is 0 Å². The van der Waals surface area contributed by atoms with E-state index in [1.54, 1.807) is 4.68 Å². The van der Waals surface area contributed by atoms with Gasteiger partial charge in [-0.1, -0.05) is 78.9 Å². The summed E-state index contributed by atoms with van der Waals surface area (Å²) in [5.41, 5.74) is 6.62. The van der Waals surface area contributed by atoms with Crippen LogP contribution in [0.1, 0.15) is 42.7 Å². The second-order valence-corrected chi connectivity index (χ2v) is 9.38. The number of nitrogens with one attached hydrogen (secondary N) is 1. The first-order valence-electron chi connectivity index (χ1n) is 12.3. The minimum atomic E-state index is -0.530. The van der Waals surface area contributed by atoms with Crippen molar-refractivity contribution in [1.82, 2.24) is 9.78 Å². The fourth-order valence-corrected chi connectivity index (χ4v) is 4.51. The Bertz CT molecular complexity index is 1410. The molecule has 0 radical (unpaired) electrons. The molecule has 1 saturated carbocycles. The molecule has 1 unspecified atom stereocenters. The molecule has 1 aliphatic carbocycles. The summed E-state index contributed by atoms with van der Waals surface area (Å²) in [7, 11) is 1.85. The van der Waals surface area contributed by atoms with Crippen LogP contribution in [0.3, 0.4) is 0 Å². The van der Waals surface area contributed by atoms with Crippen LogP contribution in [0.25, 0.3) is 22.4 Å². The Morgan fingerprint density at radius 2 is 1.57 bits per heavy atom. The number of aromatic nitrogens is 2. The fraction of sp³-hybridized carbons (Fsp3) is 0.233. The summed E-state index contributed by atoms with van der Waals surface area (Å²) in [5, 5.41) is 7.54. The number of hydrogen-bond donors (Lipinski definition) is 1. The first kappa shape index (κ1) is 24.3. The second kappa shape index (κ2) is 9.93. The van der Waals surface area contributed by atoms with Crippen molar-refractivity contribution < 1.29 is 19.1 Å². The summed E-state index contributed by atoms with van der Waals surface area (Å²) >= 11 is 0. The number of rotatable bonds is 8. The summed E-state index contributed by atoms with van der Waals surface area (Å²) < 4.78 is 12.7. The van der Waals surface area contributed by atoms with Gasteiger partial charge in [0.2, 0.25) is 0 Å². The summed E-state index contributed by atoms with van der Waals surface area (Å²) in [6.45, 7) is 4.28. The van der Waals surface area contributed by atoms with Gasteiger partial charge in [-0.2, -0.15) is 5.10 Å². The lowest BCUT2D eigenvalue weighted by Crippen LogP contribution is -2.16. The number of ether oxygens (including phenoxy) is 2. The fourth-order valence-electron chi connectivity index (χ4n) is 4.51. The highest BCUT2D eigenvalue weighted by Crippen LogP contribution is 2.49. The molecule has 4 aromatic rings. The van der Waals surface area contributed by atoms with Crippen LogP contribution in [0, 0.1) is 6.92 Å². The molecule has 5 rings (SSSR count). The highest BCUT2D eigenvalue weighted by molar-refractivity contribution is 5.91. The maximum atomic E-state index is 12.7. The molecule has 0 bridgehead atoms. The zero-order chi connectivity index (χ0) is 26.0. The second-order valence-electron chi connectivity index (χ2n) is 9.38. The molecule has 1 aliphatic rings. The average Bonchev–Trinajstić information content (AvgIpc) is 3.66. The predicted molar refractivity (Wildman–Crippen MR) is 142 cm³/mol. The van der Waals surface area contributed by atoms with E-state index >= 15 is 0 Å². The van der Waals surface area contributed by atoms with Crippen LogP contribution < -0.4 is 5.32 Å². The molecule has 1 amide bonds. The highest BCUT2D eigenvalue weighted by Gasteiger charge is 2.46. The molecule has 0 aliphatic heterocycles. The maximum Gasteiger partial charge on any atom is 0.412 e. The maximum absolute atomic E-state index is 12.7. The number of aryl methyl sites for hydroxylation is 1. The van der Waals surface area contributed by atoms with E-state index in [1.165, 1.54) is 0 Å². The van der Waals surface area contributed by atoms with Gasteiger partial charge in [-0.25, -0.2) is 4.79 Å². The SMILES string of the molecule is Cc1c(NC(=O)OC(C)c2ccccc2)c(-c2ccc(-c3ccc(C4(OC=O)CC4)cc3)cc2)nn1C. The molecule has 37 heavy (non-hydrogen) atoms. The number of benzene rings is 3. The Morgan fingerprint density at radius 1 is 0.973 bits per heavy atom. The van der Waals surface area contributed by atoms with E-state index in [0.29, 0.717) is 17.9 Å². The van der Waals surface area contributed by atoms with Gasteiger partial charge in [-0.3, -0.25) is 14.8 Å². The predicted octanol–water partition coefficient (Wildman–Crippen LogP) is 6.53. The van der Waals surface area contributed by atoms with Crippen molar-refractivity contribution in [1.29, 1.82) is 0 Å². The third-order valence-corrected chi connectivity index (χ3v) is 6.99. The van der Waals surface area contributed by atoms with Crippen molar-refractivity contribution in [2.24, 2.45) is 7.05 Å². The van der Waals surface area contributed by atoms with Crippen LogP contribution in [0.5, 0.6) is 0 Å². The monoisotopic (exact) mass is 495 g/mol. The van der Waals surface area contributed by atoms with E-state index in [4.69, 9.17) is 9.47 Å². The third kappa shape index (κ3) is 4.98. The van der Waals surface area contributed by atoms with E-state index in [0.717, 1.165) is 46.4 Å². The van der Waals surface area contributed by atoms with Gasteiger partial charge in [0.15, 0.2) is 0 Å². The normalized spacial score (nSPS) is 14.5. The van der Waals surface area contributed by atoms with Gasteiger partial charge in [0.25, 0.3) is 6.47 Å². The van der Waals surface area contributed by atoms with E-state index in [2.05, 4.69) is 10.4 Å². The zero-order valence-electron chi connectivity index (χ0n) is 21.1. The first-order valence-corrected chi connectivity index (χ1v) is 12.3. The van der Waals surface area contributed by atoms with Gasteiger partial charge in [-0.05, 0) is 48.9 Å². The highest BCUT2D eigenvalue weighted by atomic mass is 16.6. The molecule has 7 heteroatoms. The Morgan fingerprint density at radius 3 is 2.16 bits per heavy atom. The number of nitrogens with zero attached hydrogens (tertiary/aromatic N) is 2. The summed E-state index contributed by atoms with van der Waals surface area (Å²) in [4.78, 5) is 23.5. The molecule has 0 saturated heterocycles. The lowest BCUT2D eigenvalue weighted by Gasteiger charge is -2.15. The molecule has 188 valence electrons. The van der Waals surface area contributed by atoms with Crippen LogP contribution in [0.15, 0.2) is 78.9 Å². The Balaban J connectivity index is 1.32. The van der Waals surface area contributed by atoms with E-state index in [1.807, 2.05) is 99.8 Å². The van der Waals surface area contributed by atoms with Crippen LogP contribution in [-0.2, 0) is 26.9 Å². The molecule has 1 fully saturated rings. The minimum Gasteiger partial charge on any atom is -0.456 e. The summed E-state index contributed by atoms with van der Waals surface area (Å²) in [6.07, 6.45) is 0.806. The van der Waals surface area contributed by atoms with Gasteiger partial charge in [0.1, 0.15) is 17.4 Å². The third-order valence-electron chi connectivity index (χ3n) is 6.99. The van der Waals surface area contributed by atoms with Crippen molar-refractivity contribution in [3.8, 4) is 22.4 Å². The van der Waals surface area contributed by atoms with Crippen molar-refractivity contribution in [2.75, 3.05) is 5.32 Å². The molecule has 1 heterocycles. The van der Waals surface area contributed by atoms with E-state index in [9.17, 15) is 9.59 Å². The van der Waals surface area contributed by atoms with Crippen molar-refractivity contribution in [3.63, 3.8) is 0 Å². The van der Waals surface area contributed by atoms with Crippen molar-refractivity contribution in [2.45, 2.75) is 38.4 Å². The van der Waals surface area contributed by atoms with Crippen molar-refractivity contribution in [3.05, 3.63) is 95.7 Å². The molecule has 1 aromatic heterocycles. The number of hydrogen-bond acceptors (Lipinski definition) is 5. The van der Waals surface area contributed by atoms with Crippen LogP contribution in [0.2, 0.25) is 0 Å². The standard InChI is InChI=1S/C30H29N3O4/c1-20-27(31-29(35)37-21(2)22-7-5-4-6-8-22)28(32-33(20)3)25-11-9-23(10-12-25)24-13-15-26(16-14-24)30(17-18-30)36-19-34/h4-16,19,21H,17-18H2,1-3H3,(H,31,35). The van der Waals surface area contributed by atoms with Crippen LogP contribution in [0.4, 0.5) is 10.5 Å². The van der Waals surface area contributed by atoms with E-state index in [-0.39, 0.29) is 6.10 Å². The van der Waals surface area contributed by atoms with Crippen LogP contribution in [-0.4, -0.2) is 22.3 Å². The van der Waals surface area contributed by atoms with Gasteiger partial charge in [0, 0.05) is 12.6 Å². The molecule has 1 N–H and O–H groups in total. The molecule has 1 atom stereocenters. The Labute approximate surface area is 216 Å². The number of carbonyl (C=O) groups excluding carboxylic acids is 2. The zero-order valence-corrected chi connectivity index (χ0v) is 21.1. The van der Waals surface area contributed by atoms with Gasteiger partial charge >= 0.3 is 6.09 Å². The summed E-state index contributed by atoms with van der Waals surface area (Å²) in [5.74, 6) is 0. The molecular formula is C30H29N3O4. The average molecular weight is 496 g/mol. The van der Waals surface area contributed by atoms with Gasteiger partial charge < -0.3 is 9.47 Å². The molecule has 0 spiro atoms. The van der Waals surface area contributed by atoms with Gasteiger partial charge in [-0.15, -0.1) is 0 Å². The Hall–Kier alpha value is -4.39. The lowest BCUT2D eigenvalue weighted by atomic mass is 9.99. The quantitative estimate of drug-likeness (QED) is 0.281. The minimum absolute atomic E-state index is 0.382. The van der Waals surface area contributed by atoms with E-state index < -0.39 is 11.7 Å². The first-order chi connectivity index (χ1) is 17.9. The van der Waals surface area contributed by atoms with Crippen molar-refractivity contribution >= 4 is 18.3 Å². The van der Waals surface area contributed by atoms with Gasteiger partial charge in [0.05, 0.1) is 11.4 Å². The largest absolute Gasteiger partial charge is 0.456 e.